The van der Waals surface area contributed by atoms with Gasteiger partial charge >= 0.3 is 5.97 Å². The second-order valence-corrected chi connectivity index (χ2v) is 7.87. The van der Waals surface area contributed by atoms with Gasteiger partial charge in [0.1, 0.15) is 0 Å². The third kappa shape index (κ3) is 4.16. The molecular formula is C18H26N2O3S. The highest BCUT2D eigenvalue weighted by Crippen LogP contribution is 2.27. The minimum absolute atomic E-state index is 0.0307. The molecule has 0 saturated heterocycles. The van der Waals surface area contributed by atoms with E-state index in [1.807, 2.05) is 6.07 Å². The monoisotopic (exact) mass is 350 g/mol. The van der Waals surface area contributed by atoms with E-state index in [4.69, 9.17) is 4.74 Å². The summed E-state index contributed by atoms with van der Waals surface area (Å²) in [5.74, 6) is 0.00271. The number of thiophene rings is 1. The molecule has 5 nitrogen and oxygen atoms in total. The highest BCUT2D eigenvalue weighted by atomic mass is 32.1. The zero-order valence-corrected chi connectivity index (χ0v) is 15.0. The molecule has 1 amide bonds. The predicted octanol–water partition coefficient (Wildman–Crippen LogP) is 2.64. The molecule has 2 heterocycles. The molecule has 6 heteroatoms. The van der Waals surface area contributed by atoms with Gasteiger partial charge in [-0.2, -0.15) is 0 Å². The summed E-state index contributed by atoms with van der Waals surface area (Å²) in [5, 5.41) is 6.55. The lowest BCUT2D eigenvalue weighted by Crippen LogP contribution is -2.35. The first-order valence-electron chi connectivity index (χ1n) is 8.88. The van der Waals surface area contributed by atoms with Crippen molar-refractivity contribution >= 4 is 23.2 Å². The molecule has 2 aliphatic rings. The number of esters is 1. The minimum Gasteiger partial charge on any atom is -0.469 e. The Morgan fingerprint density at radius 1 is 1.25 bits per heavy atom. The average molecular weight is 350 g/mol. The van der Waals surface area contributed by atoms with Gasteiger partial charge in [-0.25, -0.2) is 0 Å². The molecule has 0 unspecified atom stereocenters. The van der Waals surface area contributed by atoms with Crippen LogP contribution in [0.1, 0.15) is 58.6 Å². The standard InChI is InChI=1S/C18H26N2O3S/c1-23-18(22)12-4-2-6-14(7-3-5-12)20-17(21)16-10-13-11-19-9-8-15(13)24-16/h10,12,14,19H,2-9,11H2,1H3,(H,20,21). The largest absolute Gasteiger partial charge is 0.469 e. The number of methoxy groups -OCH3 is 1. The third-order valence-electron chi connectivity index (χ3n) is 5.04. The third-order valence-corrected chi connectivity index (χ3v) is 6.28. The van der Waals surface area contributed by atoms with E-state index in [-0.39, 0.29) is 23.8 Å². The number of hydrogen-bond acceptors (Lipinski definition) is 5. The van der Waals surface area contributed by atoms with Gasteiger partial charge in [0.05, 0.1) is 17.9 Å². The smallest absolute Gasteiger partial charge is 0.308 e. The molecule has 0 atom stereocenters. The lowest BCUT2D eigenvalue weighted by atomic mass is 9.89. The van der Waals surface area contributed by atoms with Crippen LogP contribution in [-0.2, 0) is 22.5 Å². The Labute approximate surface area is 147 Å². The molecule has 1 aromatic heterocycles. The van der Waals surface area contributed by atoms with Gasteiger partial charge in [0, 0.05) is 24.0 Å². The molecule has 1 fully saturated rings. The predicted molar refractivity (Wildman–Crippen MR) is 94.2 cm³/mol. The van der Waals surface area contributed by atoms with E-state index >= 15 is 0 Å². The molecule has 1 aromatic rings. The second-order valence-electron chi connectivity index (χ2n) is 6.74. The van der Waals surface area contributed by atoms with Crippen LogP contribution in [0, 0.1) is 5.92 Å². The van der Waals surface area contributed by atoms with Crippen LogP contribution in [0.15, 0.2) is 6.07 Å². The average Bonchev–Trinajstić information content (AvgIpc) is 3.00. The van der Waals surface area contributed by atoms with Crippen LogP contribution < -0.4 is 10.6 Å². The van der Waals surface area contributed by atoms with Gasteiger partial charge in [-0.15, -0.1) is 11.3 Å². The maximum absolute atomic E-state index is 12.6. The van der Waals surface area contributed by atoms with Crippen LogP contribution in [0.25, 0.3) is 0 Å². The molecule has 0 aromatic carbocycles. The summed E-state index contributed by atoms with van der Waals surface area (Å²) in [7, 11) is 1.46. The Bertz CT molecular complexity index is 566. The van der Waals surface area contributed by atoms with Gasteiger partial charge in [-0.05, 0) is 43.7 Å². The van der Waals surface area contributed by atoms with Crippen molar-refractivity contribution in [2.75, 3.05) is 13.7 Å². The normalized spacial score (nSPS) is 24.4. The van der Waals surface area contributed by atoms with Crippen molar-refractivity contribution in [2.24, 2.45) is 5.92 Å². The zero-order valence-electron chi connectivity index (χ0n) is 14.2. The summed E-state index contributed by atoms with van der Waals surface area (Å²) in [6.07, 6.45) is 6.52. The number of nitrogens with one attached hydrogen (secondary N) is 2. The van der Waals surface area contributed by atoms with E-state index in [1.165, 1.54) is 17.6 Å². The highest BCUT2D eigenvalue weighted by Gasteiger charge is 2.24. The van der Waals surface area contributed by atoms with Crippen molar-refractivity contribution in [3.8, 4) is 0 Å². The van der Waals surface area contributed by atoms with Crippen molar-refractivity contribution in [1.82, 2.24) is 10.6 Å². The Kier molecular flexibility index (Phi) is 5.89. The van der Waals surface area contributed by atoms with Crippen LogP contribution in [0.4, 0.5) is 0 Å². The Hall–Kier alpha value is -1.40. The first kappa shape index (κ1) is 17.4. The molecule has 24 heavy (non-hydrogen) atoms. The number of carbonyl (C=O) groups is 2. The highest BCUT2D eigenvalue weighted by molar-refractivity contribution is 7.14. The van der Waals surface area contributed by atoms with E-state index in [1.54, 1.807) is 11.3 Å². The lowest BCUT2D eigenvalue weighted by Gasteiger charge is -2.24. The minimum atomic E-state index is -0.0877. The molecular weight excluding hydrogens is 324 g/mol. The van der Waals surface area contributed by atoms with Crippen molar-refractivity contribution in [3.63, 3.8) is 0 Å². The fraction of sp³-hybridized carbons (Fsp3) is 0.667. The van der Waals surface area contributed by atoms with Gasteiger partial charge in [0.25, 0.3) is 5.91 Å². The summed E-state index contributed by atoms with van der Waals surface area (Å²) in [4.78, 5) is 26.4. The van der Waals surface area contributed by atoms with E-state index in [2.05, 4.69) is 10.6 Å². The molecule has 132 valence electrons. The van der Waals surface area contributed by atoms with Crippen molar-refractivity contribution < 1.29 is 14.3 Å². The quantitative estimate of drug-likeness (QED) is 0.823. The van der Waals surface area contributed by atoms with Crippen molar-refractivity contribution in [1.29, 1.82) is 0 Å². The van der Waals surface area contributed by atoms with Gasteiger partial charge in [0.15, 0.2) is 0 Å². The van der Waals surface area contributed by atoms with Gasteiger partial charge < -0.3 is 15.4 Å². The molecule has 2 N–H and O–H groups in total. The number of ether oxygens (including phenoxy) is 1. The summed E-state index contributed by atoms with van der Waals surface area (Å²) >= 11 is 1.64. The SMILES string of the molecule is COC(=O)C1CCCC(NC(=O)c2cc3c(s2)CCNC3)CCC1. The van der Waals surface area contributed by atoms with Crippen molar-refractivity contribution in [2.45, 2.75) is 57.5 Å². The molecule has 1 aliphatic heterocycles. The molecule has 0 radical (unpaired) electrons. The zero-order chi connectivity index (χ0) is 16.9. The van der Waals surface area contributed by atoms with Gasteiger partial charge in [-0.1, -0.05) is 12.8 Å². The first-order chi connectivity index (χ1) is 11.7. The van der Waals surface area contributed by atoms with Crippen LogP contribution in [0.3, 0.4) is 0 Å². The van der Waals surface area contributed by atoms with Gasteiger partial charge in [0.2, 0.25) is 0 Å². The topological polar surface area (TPSA) is 67.4 Å². The van der Waals surface area contributed by atoms with Crippen LogP contribution in [0.2, 0.25) is 0 Å². The van der Waals surface area contributed by atoms with Crippen LogP contribution in [-0.4, -0.2) is 31.6 Å². The lowest BCUT2D eigenvalue weighted by molar-refractivity contribution is -0.146. The fourth-order valence-corrected chi connectivity index (χ4v) is 4.76. The number of fused-ring (bicyclic) bond motifs is 1. The number of hydrogen-bond donors (Lipinski definition) is 2. The molecule has 0 spiro atoms. The summed E-state index contributed by atoms with van der Waals surface area (Å²) in [5.41, 5.74) is 1.27. The van der Waals surface area contributed by atoms with E-state index < -0.39 is 0 Å². The maximum atomic E-state index is 12.6. The Morgan fingerprint density at radius 3 is 2.67 bits per heavy atom. The van der Waals surface area contributed by atoms with Crippen LogP contribution >= 0.6 is 11.3 Å². The summed E-state index contributed by atoms with van der Waals surface area (Å²) in [6.45, 7) is 1.87. The summed E-state index contributed by atoms with van der Waals surface area (Å²) < 4.78 is 4.86. The Balaban J connectivity index is 1.53. The van der Waals surface area contributed by atoms with Crippen molar-refractivity contribution in [3.05, 3.63) is 21.4 Å². The van der Waals surface area contributed by atoms with Crippen LogP contribution in [0.5, 0.6) is 0 Å². The molecule has 1 aliphatic carbocycles. The maximum Gasteiger partial charge on any atom is 0.308 e. The van der Waals surface area contributed by atoms with Gasteiger partial charge in [-0.3, -0.25) is 9.59 Å². The molecule has 3 rings (SSSR count). The first-order valence-corrected chi connectivity index (χ1v) is 9.70. The van der Waals surface area contributed by atoms with E-state index in [0.29, 0.717) is 0 Å². The summed E-state index contributed by atoms with van der Waals surface area (Å²) in [6, 6.07) is 2.26. The van der Waals surface area contributed by atoms with E-state index in [0.717, 1.165) is 62.9 Å². The molecule has 0 bridgehead atoms. The fourth-order valence-electron chi connectivity index (χ4n) is 3.68. The number of amides is 1. The number of carbonyl (C=O) groups excluding carboxylic acids is 2. The van der Waals surface area contributed by atoms with E-state index in [9.17, 15) is 9.59 Å². The second kappa shape index (κ2) is 8.12. The molecule has 1 saturated carbocycles. The number of rotatable bonds is 3. The Morgan fingerprint density at radius 2 is 2.00 bits per heavy atom.